The van der Waals surface area contributed by atoms with Crippen molar-refractivity contribution in [2.75, 3.05) is 6.61 Å². The molecule has 1 heterocycles. The molecule has 0 unspecified atom stereocenters. The molecule has 0 bridgehead atoms. The minimum atomic E-state index is -0.682. The maximum Gasteiger partial charge on any atom is 0.106 e. The molecule has 3 nitrogen and oxygen atoms in total. The summed E-state index contributed by atoms with van der Waals surface area (Å²) in [5.74, 6) is 0. The number of hydrogen-bond donors (Lipinski definition) is 2. The van der Waals surface area contributed by atoms with Crippen LogP contribution in [-0.4, -0.2) is 35.1 Å². The summed E-state index contributed by atoms with van der Waals surface area (Å²) < 4.78 is 5.20. The molecule has 0 radical (unpaired) electrons. The van der Waals surface area contributed by atoms with Crippen LogP contribution in [0.3, 0.4) is 0 Å². The van der Waals surface area contributed by atoms with Gasteiger partial charge < -0.3 is 14.9 Å². The van der Waals surface area contributed by atoms with Crippen molar-refractivity contribution in [1.82, 2.24) is 0 Å². The Morgan fingerprint density at radius 2 is 2.20 bits per heavy atom. The smallest absolute Gasteiger partial charge is 0.106 e. The summed E-state index contributed by atoms with van der Waals surface area (Å²) in [7, 11) is 0. The minimum absolute atomic E-state index is 0.163. The molecular weight excluding hydrogens is 132 g/mol. The fourth-order valence-corrected chi connectivity index (χ4v) is 1.22. The highest BCUT2D eigenvalue weighted by molar-refractivity contribution is 4.79. The lowest BCUT2D eigenvalue weighted by molar-refractivity contribution is -0.135. The summed E-state index contributed by atoms with van der Waals surface area (Å²) in [5.41, 5.74) is 0. The first-order valence-electron chi connectivity index (χ1n) is 3.73. The Morgan fingerprint density at radius 3 is 2.70 bits per heavy atom. The molecule has 0 amide bonds. The van der Waals surface area contributed by atoms with E-state index in [-0.39, 0.29) is 6.10 Å². The number of aliphatic hydroxyl groups is 2. The monoisotopic (exact) mass is 146 g/mol. The first kappa shape index (κ1) is 7.98. The summed E-state index contributed by atoms with van der Waals surface area (Å²) in [6.07, 6.45) is -0.114. The lowest BCUT2D eigenvalue weighted by atomic mass is 10.0. The van der Waals surface area contributed by atoms with Crippen LogP contribution in [0.15, 0.2) is 0 Å². The highest BCUT2D eigenvalue weighted by Gasteiger charge is 2.29. The van der Waals surface area contributed by atoms with Crippen LogP contribution in [0.1, 0.15) is 19.8 Å². The predicted molar refractivity (Wildman–Crippen MR) is 36.7 cm³/mol. The van der Waals surface area contributed by atoms with Gasteiger partial charge in [0.15, 0.2) is 0 Å². The lowest BCUT2D eigenvalue weighted by Crippen LogP contribution is -2.43. The first-order chi connectivity index (χ1) is 4.75. The Kier molecular flexibility index (Phi) is 2.65. The number of rotatable bonds is 1. The highest BCUT2D eigenvalue weighted by Crippen LogP contribution is 2.16. The van der Waals surface area contributed by atoms with E-state index in [1.165, 1.54) is 0 Å². The molecule has 60 valence electrons. The van der Waals surface area contributed by atoms with Crippen LogP contribution in [0, 0.1) is 0 Å². The summed E-state index contributed by atoms with van der Waals surface area (Å²) in [5, 5.41) is 18.4. The van der Waals surface area contributed by atoms with Crippen molar-refractivity contribution in [2.24, 2.45) is 0 Å². The third kappa shape index (κ3) is 1.48. The molecule has 1 aliphatic rings. The zero-order valence-corrected chi connectivity index (χ0v) is 6.16. The summed E-state index contributed by atoms with van der Waals surface area (Å²) in [4.78, 5) is 0. The Morgan fingerprint density at radius 1 is 1.50 bits per heavy atom. The molecule has 3 heteroatoms. The van der Waals surface area contributed by atoms with E-state index in [2.05, 4.69) is 0 Å². The second kappa shape index (κ2) is 3.32. The van der Waals surface area contributed by atoms with Crippen molar-refractivity contribution in [1.29, 1.82) is 0 Å². The second-order valence-electron chi connectivity index (χ2n) is 2.66. The van der Waals surface area contributed by atoms with E-state index in [1.54, 1.807) is 0 Å². The molecule has 0 aromatic heterocycles. The van der Waals surface area contributed by atoms with Gasteiger partial charge in [0.25, 0.3) is 0 Å². The van der Waals surface area contributed by atoms with E-state index >= 15 is 0 Å². The van der Waals surface area contributed by atoms with Crippen LogP contribution in [0.4, 0.5) is 0 Å². The Hall–Kier alpha value is -0.120. The minimum Gasteiger partial charge on any atom is -0.390 e. The van der Waals surface area contributed by atoms with Crippen molar-refractivity contribution in [2.45, 2.75) is 38.1 Å². The van der Waals surface area contributed by atoms with Gasteiger partial charge in [-0.1, -0.05) is 6.92 Å². The molecule has 0 aromatic rings. The summed E-state index contributed by atoms with van der Waals surface area (Å²) >= 11 is 0. The van der Waals surface area contributed by atoms with Crippen molar-refractivity contribution in [3.8, 4) is 0 Å². The Labute approximate surface area is 60.6 Å². The fourth-order valence-electron chi connectivity index (χ4n) is 1.22. The summed E-state index contributed by atoms with van der Waals surface area (Å²) in [6, 6.07) is 0. The molecule has 1 fully saturated rings. The molecule has 10 heavy (non-hydrogen) atoms. The first-order valence-corrected chi connectivity index (χ1v) is 3.73. The lowest BCUT2D eigenvalue weighted by Gasteiger charge is -2.31. The highest BCUT2D eigenvalue weighted by atomic mass is 16.5. The van der Waals surface area contributed by atoms with Crippen LogP contribution >= 0.6 is 0 Å². The SMILES string of the molecule is CC[C@H]1OCC[C@@H](O)[C@H]1O. The second-order valence-corrected chi connectivity index (χ2v) is 2.66. The van der Waals surface area contributed by atoms with Crippen molar-refractivity contribution in [3.05, 3.63) is 0 Å². The van der Waals surface area contributed by atoms with E-state index in [1.807, 2.05) is 6.92 Å². The van der Waals surface area contributed by atoms with E-state index in [9.17, 15) is 5.11 Å². The van der Waals surface area contributed by atoms with Gasteiger partial charge in [0.2, 0.25) is 0 Å². The van der Waals surface area contributed by atoms with Crippen LogP contribution in [-0.2, 0) is 4.74 Å². The zero-order chi connectivity index (χ0) is 7.56. The molecule has 0 aromatic carbocycles. The van der Waals surface area contributed by atoms with Crippen LogP contribution < -0.4 is 0 Å². The molecule has 0 aliphatic carbocycles. The van der Waals surface area contributed by atoms with Crippen LogP contribution in [0.25, 0.3) is 0 Å². The molecule has 0 saturated carbocycles. The van der Waals surface area contributed by atoms with E-state index in [0.29, 0.717) is 13.0 Å². The summed E-state index contributed by atoms with van der Waals surface area (Å²) in [6.45, 7) is 2.50. The molecule has 2 N–H and O–H groups in total. The number of aliphatic hydroxyl groups excluding tert-OH is 2. The molecule has 1 aliphatic heterocycles. The van der Waals surface area contributed by atoms with Gasteiger partial charge in [-0.05, 0) is 12.8 Å². The maximum absolute atomic E-state index is 9.26. The zero-order valence-electron chi connectivity index (χ0n) is 6.16. The van der Waals surface area contributed by atoms with E-state index in [0.717, 1.165) is 6.42 Å². The standard InChI is InChI=1S/C7H14O3/c1-2-6-7(9)5(8)3-4-10-6/h5-9H,2-4H2,1H3/t5-,6-,7-/m1/s1. The van der Waals surface area contributed by atoms with Gasteiger partial charge >= 0.3 is 0 Å². The van der Waals surface area contributed by atoms with Gasteiger partial charge in [0.1, 0.15) is 6.10 Å². The molecular formula is C7H14O3. The molecule has 1 rings (SSSR count). The molecule has 0 spiro atoms. The molecule has 3 atom stereocenters. The Bertz CT molecular complexity index is 105. The molecule has 1 saturated heterocycles. The van der Waals surface area contributed by atoms with Crippen molar-refractivity contribution < 1.29 is 14.9 Å². The quantitative estimate of drug-likeness (QED) is 0.543. The van der Waals surface area contributed by atoms with Gasteiger partial charge in [-0.3, -0.25) is 0 Å². The van der Waals surface area contributed by atoms with E-state index in [4.69, 9.17) is 9.84 Å². The third-order valence-corrected chi connectivity index (χ3v) is 1.92. The van der Waals surface area contributed by atoms with Gasteiger partial charge in [0, 0.05) is 6.61 Å². The average molecular weight is 146 g/mol. The van der Waals surface area contributed by atoms with Gasteiger partial charge in [0.05, 0.1) is 12.2 Å². The normalized spacial score (nSPS) is 41.7. The largest absolute Gasteiger partial charge is 0.390 e. The van der Waals surface area contributed by atoms with Crippen LogP contribution in [0.5, 0.6) is 0 Å². The van der Waals surface area contributed by atoms with Gasteiger partial charge in [-0.25, -0.2) is 0 Å². The average Bonchev–Trinajstić information content (AvgIpc) is 1.95. The third-order valence-electron chi connectivity index (χ3n) is 1.92. The topological polar surface area (TPSA) is 49.7 Å². The Balaban J connectivity index is 2.42. The van der Waals surface area contributed by atoms with E-state index < -0.39 is 12.2 Å². The fraction of sp³-hybridized carbons (Fsp3) is 1.00. The number of ether oxygens (including phenoxy) is 1. The van der Waals surface area contributed by atoms with Gasteiger partial charge in [-0.2, -0.15) is 0 Å². The van der Waals surface area contributed by atoms with Crippen molar-refractivity contribution >= 4 is 0 Å². The predicted octanol–water partition coefficient (Wildman–Crippen LogP) is -0.0929. The number of hydrogen-bond acceptors (Lipinski definition) is 3. The van der Waals surface area contributed by atoms with Crippen molar-refractivity contribution in [3.63, 3.8) is 0 Å². The maximum atomic E-state index is 9.26. The van der Waals surface area contributed by atoms with Gasteiger partial charge in [-0.15, -0.1) is 0 Å². The van der Waals surface area contributed by atoms with Crippen LogP contribution in [0.2, 0.25) is 0 Å².